The van der Waals surface area contributed by atoms with Gasteiger partial charge in [-0.2, -0.15) is 0 Å². The van der Waals surface area contributed by atoms with Gasteiger partial charge in [-0.3, -0.25) is 4.79 Å². The van der Waals surface area contributed by atoms with Gasteiger partial charge in [-0.25, -0.2) is 4.39 Å². The van der Waals surface area contributed by atoms with Gasteiger partial charge < -0.3 is 5.11 Å². The maximum absolute atomic E-state index is 15.0. The first-order valence-electron chi connectivity index (χ1n) is 6.17. The number of hydrogen-bond donors (Lipinski definition) is 1. The molecule has 0 saturated carbocycles. The van der Waals surface area contributed by atoms with Gasteiger partial charge in [0.2, 0.25) is 11.5 Å². The lowest BCUT2D eigenvalue weighted by Gasteiger charge is -2.24. The summed E-state index contributed by atoms with van der Waals surface area (Å²) < 4.78 is 15.0. The molecule has 0 heterocycles. The second-order valence-electron chi connectivity index (χ2n) is 4.84. The van der Waals surface area contributed by atoms with Gasteiger partial charge in [0.05, 0.1) is 0 Å². The van der Waals surface area contributed by atoms with E-state index in [4.69, 9.17) is 0 Å². The Morgan fingerprint density at radius 2 is 1.68 bits per heavy atom. The minimum Gasteiger partial charge on any atom is -0.385 e. The van der Waals surface area contributed by atoms with Crippen LogP contribution in [0.3, 0.4) is 0 Å². The van der Waals surface area contributed by atoms with Crippen LogP contribution in [0.25, 0.3) is 0 Å². The van der Waals surface area contributed by atoms with Crippen molar-refractivity contribution < 1.29 is 14.3 Å². The molecule has 3 heteroatoms. The Labute approximate surface area is 110 Å². The van der Waals surface area contributed by atoms with Crippen LogP contribution in [-0.4, -0.2) is 16.6 Å². The summed E-state index contributed by atoms with van der Waals surface area (Å²) in [7, 11) is 0. The quantitative estimate of drug-likeness (QED) is 0.897. The largest absolute Gasteiger partial charge is 0.385 e. The van der Waals surface area contributed by atoms with Crippen molar-refractivity contribution in [3.8, 4) is 0 Å². The molecule has 1 aliphatic carbocycles. The third-order valence-electron chi connectivity index (χ3n) is 3.64. The lowest BCUT2D eigenvalue weighted by atomic mass is 9.89. The molecule has 3 rings (SSSR count). The Kier molecular flexibility index (Phi) is 2.72. The van der Waals surface area contributed by atoms with Crippen molar-refractivity contribution in [3.63, 3.8) is 0 Å². The number of alkyl halides is 1. The van der Waals surface area contributed by atoms with Gasteiger partial charge >= 0.3 is 0 Å². The maximum atomic E-state index is 15.0. The fourth-order valence-electron chi connectivity index (χ4n) is 2.60. The molecule has 0 amide bonds. The molecule has 2 atom stereocenters. The highest BCUT2D eigenvalue weighted by molar-refractivity contribution is 6.07. The molecule has 19 heavy (non-hydrogen) atoms. The van der Waals surface area contributed by atoms with Crippen LogP contribution in [0, 0.1) is 0 Å². The predicted molar refractivity (Wildman–Crippen MR) is 69.7 cm³/mol. The fourth-order valence-corrected chi connectivity index (χ4v) is 2.60. The van der Waals surface area contributed by atoms with Crippen LogP contribution < -0.4 is 0 Å². The summed E-state index contributed by atoms with van der Waals surface area (Å²) in [5.41, 5.74) is -0.804. The SMILES string of the molecule is O=C1c2ccccc2C[C@@]1(F)[C@@H](O)c1ccccc1. The van der Waals surface area contributed by atoms with E-state index in [0.717, 1.165) is 0 Å². The summed E-state index contributed by atoms with van der Waals surface area (Å²) >= 11 is 0. The predicted octanol–water partition coefficient (Wildman–Crippen LogP) is 2.87. The Bertz CT molecular complexity index is 624. The molecule has 0 aromatic heterocycles. The topological polar surface area (TPSA) is 37.3 Å². The zero-order valence-corrected chi connectivity index (χ0v) is 10.2. The summed E-state index contributed by atoms with van der Waals surface area (Å²) in [4.78, 5) is 12.2. The summed E-state index contributed by atoms with van der Waals surface area (Å²) in [6.07, 6.45) is -1.51. The third kappa shape index (κ3) is 1.78. The molecule has 2 nitrogen and oxygen atoms in total. The Hall–Kier alpha value is -2.00. The number of Topliss-reactive ketones (excluding diaryl/α,β-unsaturated/α-hetero) is 1. The van der Waals surface area contributed by atoms with Crippen molar-refractivity contribution in [1.82, 2.24) is 0 Å². The van der Waals surface area contributed by atoms with Crippen LogP contribution in [0.4, 0.5) is 4.39 Å². The van der Waals surface area contributed by atoms with Crippen molar-refractivity contribution in [2.75, 3.05) is 0 Å². The minimum absolute atomic E-state index is 0.0714. The molecule has 1 N–H and O–H groups in total. The second-order valence-corrected chi connectivity index (χ2v) is 4.84. The van der Waals surface area contributed by atoms with E-state index in [2.05, 4.69) is 0 Å². The van der Waals surface area contributed by atoms with Crippen LogP contribution >= 0.6 is 0 Å². The minimum atomic E-state index is -2.26. The number of fused-ring (bicyclic) bond motifs is 1. The molecule has 2 aromatic carbocycles. The molecular formula is C16H13FO2. The normalized spacial score (nSPS) is 23.2. The van der Waals surface area contributed by atoms with Gasteiger partial charge in [0.1, 0.15) is 6.10 Å². The van der Waals surface area contributed by atoms with E-state index in [9.17, 15) is 14.3 Å². The zero-order chi connectivity index (χ0) is 13.5. The van der Waals surface area contributed by atoms with Gasteiger partial charge in [-0.1, -0.05) is 54.6 Å². The summed E-state index contributed by atoms with van der Waals surface area (Å²) in [5, 5.41) is 10.2. The lowest BCUT2D eigenvalue weighted by molar-refractivity contribution is 0.00481. The summed E-state index contributed by atoms with van der Waals surface area (Å²) in [6.45, 7) is 0. The molecule has 1 aliphatic rings. The number of aliphatic hydroxyl groups is 1. The molecule has 0 radical (unpaired) electrons. The van der Waals surface area contributed by atoms with Crippen molar-refractivity contribution in [2.45, 2.75) is 18.2 Å². The number of halogens is 1. The Morgan fingerprint density at radius 1 is 1.05 bits per heavy atom. The summed E-state index contributed by atoms with van der Waals surface area (Å²) in [5.74, 6) is -0.626. The van der Waals surface area contributed by atoms with E-state index in [1.165, 1.54) is 0 Å². The van der Waals surface area contributed by atoms with Gasteiger partial charge in [-0.05, 0) is 11.1 Å². The van der Waals surface area contributed by atoms with Crippen molar-refractivity contribution in [3.05, 3.63) is 71.3 Å². The monoisotopic (exact) mass is 256 g/mol. The fraction of sp³-hybridized carbons (Fsp3) is 0.188. The molecule has 2 aromatic rings. The van der Waals surface area contributed by atoms with E-state index >= 15 is 0 Å². The third-order valence-corrected chi connectivity index (χ3v) is 3.64. The van der Waals surface area contributed by atoms with Crippen molar-refractivity contribution >= 4 is 5.78 Å². The maximum Gasteiger partial charge on any atom is 0.207 e. The van der Waals surface area contributed by atoms with Crippen LogP contribution in [0.1, 0.15) is 27.6 Å². The molecular weight excluding hydrogens is 243 g/mol. The van der Waals surface area contributed by atoms with E-state index in [1.807, 2.05) is 0 Å². The Morgan fingerprint density at radius 3 is 2.37 bits per heavy atom. The Balaban J connectivity index is 2.01. The molecule has 0 bridgehead atoms. The summed E-state index contributed by atoms with van der Waals surface area (Å²) in [6, 6.07) is 15.3. The number of carbonyl (C=O) groups is 1. The number of hydrogen-bond acceptors (Lipinski definition) is 2. The first-order valence-corrected chi connectivity index (χ1v) is 6.17. The van der Waals surface area contributed by atoms with Gasteiger partial charge in [0.25, 0.3) is 0 Å². The molecule has 0 spiro atoms. The van der Waals surface area contributed by atoms with E-state index < -0.39 is 17.6 Å². The lowest BCUT2D eigenvalue weighted by Crippen LogP contribution is -2.37. The van der Waals surface area contributed by atoms with Crippen LogP contribution in [-0.2, 0) is 6.42 Å². The van der Waals surface area contributed by atoms with Crippen LogP contribution in [0.15, 0.2) is 54.6 Å². The van der Waals surface area contributed by atoms with Gasteiger partial charge in [0.15, 0.2) is 0 Å². The average Bonchev–Trinajstić information content (AvgIpc) is 2.72. The number of benzene rings is 2. The highest BCUT2D eigenvalue weighted by Gasteiger charge is 2.51. The van der Waals surface area contributed by atoms with E-state index in [-0.39, 0.29) is 6.42 Å². The van der Waals surface area contributed by atoms with Gasteiger partial charge in [0, 0.05) is 12.0 Å². The van der Waals surface area contributed by atoms with Crippen molar-refractivity contribution in [2.24, 2.45) is 0 Å². The highest BCUT2D eigenvalue weighted by Crippen LogP contribution is 2.41. The zero-order valence-electron chi connectivity index (χ0n) is 10.2. The highest BCUT2D eigenvalue weighted by atomic mass is 19.1. The first-order chi connectivity index (χ1) is 9.13. The first kappa shape index (κ1) is 12.1. The van der Waals surface area contributed by atoms with E-state index in [1.54, 1.807) is 54.6 Å². The molecule has 0 saturated heterocycles. The number of aliphatic hydroxyl groups excluding tert-OH is 1. The average molecular weight is 256 g/mol. The van der Waals surface area contributed by atoms with Crippen molar-refractivity contribution in [1.29, 1.82) is 0 Å². The van der Waals surface area contributed by atoms with E-state index in [0.29, 0.717) is 16.7 Å². The molecule has 0 fully saturated rings. The van der Waals surface area contributed by atoms with Crippen LogP contribution in [0.2, 0.25) is 0 Å². The van der Waals surface area contributed by atoms with Gasteiger partial charge in [-0.15, -0.1) is 0 Å². The molecule has 0 aliphatic heterocycles. The number of rotatable bonds is 2. The molecule has 96 valence electrons. The second kappa shape index (κ2) is 4.28. The standard InChI is InChI=1S/C16H13FO2/c17-16(14(18)11-6-2-1-3-7-11)10-12-8-4-5-9-13(12)15(16)19/h1-9,14,18H,10H2/t14-,16+/m0/s1. The number of ketones is 1. The number of carbonyl (C=O) groups excluding carboxylic acids is 1. The molecule has 0 unspecified atom stereocenters. The smallest absolute Gasteiger partial charge is 0.207 e. The van der Waals surface area contributed by atoms with Crippen LogP contribution in [0.5, 0.6) is 0 Å².